The number of imidazole rings is 1. The number of benzene rings is 2. The lowest BCUT2D eigenvalue weighted by molar-refractivity contribution is 0.0706. The van der Waals surface area contributed by atoms with E-state index < -0.39 is 0 Å². The van der Waals surface area contributed by atoms with Crippen LogP contribution in [0.2, 0.25) is 5.02 Å². The number of ketones is 1. The number of hydrogen-bond acceptors (Lipinski definition) is 3. The zero-order valence-electron chi connectivity index (χ0n) is 17.8. The largest absolute Gasteiger partial charge is 0.331 e. The van der Waals surface area contributed by atoms with Gasteiger partial charge in [-0.05, 0) is 45.6 Å². The molecule has 32 heavy (non-hydrogen) atoms. The molecule has 0 fully saturated rings. The van der Waals surface area contributed by atoms with Gasteiger partial charge in [0.2, 0.25) is 0 Å². The number of fused-ring (bicyclic) bond motifs is 1. The molecule has 0 unspecified atom stereocenters. The SMILES string of the molecule is C[C@H](CC(=O)c1c2n(c(=O)n1C)CCN(C(=O)c1ccc(Br)c(Cl)c1)C2)c1ccccc1. The van der Waals surface area contributed by atoms with E-state index in [1.807, 2.05) is 37.3 Å². The predicted octanol–water partition coefficient (Wildman–Crippen LogP) is 4.64. The number of Topliss-reactive ketones (excluding diaryl/α,β-unsaturated/α-hetero) is 1. The fraction of sp³-hybridized carbons (Fsp3) is 0.292. The van der Waals surface area contributed by atoms with Crippen molar-refractivity contribution < 1.29 is 9.59 Å². The van der Waals surface area contributed by atoms with Crippen molar-refractivity contribution >= 4 is 39.2 Å². The maximum Gasteiger partial charge on any atom is 0.328 e. The molecule has 0 spiro atoms. The summed E-state index contributed by atoms with van der Waals surface area (Å²) in [5.74, 6) is -0.269. The highest BCUT2D eigenvalue weighted by atomic mass is 79.9. The van der Waals surface area contributed by atoms with Crippen LogP contribution >= 0.6 is 27.5 Å². The van der Waals surface area contributed by atoms with Gasteiger partial charge in [0, 0.05) is 36.6 Å². The summed E-state index contributed by atoms with van der Waals surface area (Å²) in [6, 6.07) is 14.9. The summed E-state index contributed by atoms with van der Waals surface area (Å²) < 4.78 is 3.74. The number of carbonyl (C=O) groups is 2. The molecule has 0 N–H and O–H groups in total. The zero-order valence-corrected chi connectivity index (χ0v) is 20.2. The van der Waals surface area contributed by atoms with Crippen molar-refractivity contribution in [2.75, 3.05) is 6.54 Å². The van der Waals surface area contributed by atoms with Crippen LogP contribution in [0.15, 0.2) is 57.8 Å². The van der Waals surface area contributed by atoms with Gasteiger partial charge >= 0.3 is 5.69 Å². The molecule has 0 saturated carbocycles. The number of hydrogen-bond donors (Lipinski definition) is 0. The third kappa shape index (κ3) is 4.19. The fourth-order valence-electron chi connectivity index (χ4n) is 4.19. The Morgan fingerprint density at radius 1 is 1.12 bits per heavy atom. The van der Waals surface area contributed by atoms with Crippen LogP contribution < -0.4 is 5.69 Å². The van der Waals surface area contributed by atoms with Gasteiger partial charge in [-0.25, -0.2) is 4.79 Å². The van der Waals surface area contributed by atoms with Gasteiger partial charge in [0.05, 0.1) is 17.3 Å². The van der Waals surface area contributed by atoms with E-state index in [4.69, 9.17) is 11.6 Å². The van der Waals surface area contributed by atoms with Crippen molar-refractivity contribution in [2.24, 2.45) is 7.05 Å². The zero-order chi connectivity index (χ0) is 23.0. The Labute approximate surface area is 199 Å². The summed E-state index contributed by atoms with van der Waals surface area (Å²) in [4.78, 5) is 40.8. The number of nitrogens with zero attached hydrogens (tertiary/aromatic N) is 3. The minimum Gasteiger partial charge on any atom is -0.331 e. The Morgan fingerprint density at radius 2 is 1.84 bits per heavy atom. The van der Waals surface area contributed by atoms with Crippen LogP contribution in [0.25, 0.3) is 0 Å². The van der Waals surface area contributed by atoms with Crippen LogP contribution in [0.4, 0.5) is 0 Å². The number of amides is 1. The molecule has 0 aliphatic carbocycles. The molecule has 1 amide bonds. The lowest BCUT2D eigenvalue weighted by Crippen LogP contribution is -2.41. The normalized spacial score (nSPS) is 14.2. The molecule has 166 valence electrons. The highest BCUT2D eigenvalue weighted by Gasteiger charge is 2.31. The van der Waals surface area contributed by atoms with Crippen molar-refractivity contribution in [3.63, 3.8) is 0 Å². The maximum absolute atomic E-state index is 13.3. The topological polar surface area (TPSA) is 64.3 Å². The Balaban J connectivity index is 1.61. The Morgan fingerprint density at radius 3 is 2.53 bits per heavy atom. The lowest BCUT2D eigenvalue weighted by atomic mass is 9.94. The molecule has 2 heterocycles. The van der Waals surface area contributed by atoms with Crippen LogP contribution in [0.3, 0.4) is 0 Å². The highest BCUT2D eigenvalue weighted by Crippen LogP contribution is 2.26. The van der Waals surface area contributed by atoms with E-state index in [1.165, 1.54) is 4.57 Å². The smallest absolute Gasteiger partial charge is 0.328 e. The second-order valence-electron chi connectivity index (χ2n) is 8.08. The standard InChI is InChI=1S/C24H23BrClN3O3/c1-15(16-6-4-3-5-7-16)12-21(30)22-20-14-28(10-11-29(20)24(32)27(22)2)23(31)17-8-9-18(25)19(26)13-17/h3-9,13,15H,10-12,14H2,1-2H3/t15-/m1/s1. The van der Waals surface area contributed by atoms with Crippen molar-refractivity contribution in [1.29, 1.82) is 0 Å². The molecule has 1 aliphatic heterocycles. The first-order valence-corrected chi connectivity index (χ1v) is 11.6. The van der Waals surface area contributed by atoms with E-state index in [0.29, 0.717) is 39.5 Å². The fourth-order valence-corrected chi connectivity index (χ4v) is 4.62. The number of halogens is 2. The highest BCUT2D eigenvalue weighted by molar-refractivity contribution is 9.10. The van der Waals surface area contributed by atoms with Gasteiger partial charge in [-0.2, -0.15) is 0 Å². The summed E-state index contributed by atoms with van der Waals surface area (Å²) in [7, 11) is 1.62. The van der Waals surface area contributed by atoms with Crippen molar-refractivity contribution in [1.82, 2.24) is 14.0 Å². The number of carbonyl (C=O) groups excluding carboxylic acids is 2. The molecule has 1 aromatic heterocycles. The predicted molar refractivity (Wildman–Crippen MR) is 127 cm³/mol. The Kier molecular flexibility index (Phi) is 6.40. The first-order chi connectivity index (χ1) is 15.3. The molecule has 0 bridgehead atoms. The summed E-state index contributed by atoms with van der Waals surface area (Å²) in [5.41, 5.74) is 2.28. The van der Waals surface area contributed by atoms with Crippen LogP contribution in [0, 0.1) is 0 Å². The number of rotatable bonds is 5. The van der Waals surface area contributed by atoms with Crippen LogP contribution in [-0.2, 0) is 20.1 Å². The minimum atomic E-state index is -0.227. The van der Waals surface area contributed by atoms with Gasteiger partial charge < -0.3 is 4.90 Å². The van der Waals surface area contributed by atoms with E-state index in [-0.39, 0.29) is 36.3 Å². The molecule has 8 heteroatoms. The van der Waals surface area contributed by atoms with E-state index in [2.05, 4.69) is 15.9 Å². The average molecular weight is 517 g/mol. The molecular weight excluding hydrogens is 494 g/mol. The van der Waals surface area contributed by atoms with Crippen molar-refractivity contribution in [3.05, 3.63) is 91.0 Å². The van der Waals surface area contributed by atoms with E-state index in [0.717, 1.165) is 5.56 Å². The first kappa shape index (κ1) is 22.6. The summed E-state index contributed by atoms with van der Waals surface area (Å²) in [6.07, 6.45) is 0.282. The van der Waals surface area contributed by atoms with E-state index >= 15 is 0 Å². The van der Waals surface area contributed by atoms with Gasteiger partial charge in [-0.15, -0.1) is 0 Å². The third-order valence-electron chi connectivity index (χ3n) is 5.96. The van der Waals surface area contributed by atoms with Gasteiger partial charge in [0.25, 0.3) is 5.91 Å². The Hall–Kier alpha value is -2.64. The van der Waals surface area contributed by atoms with Gasteiger partial charge in [-0.3, -0.25) is 18.7 Å². The second-order valence-corrected chi connectivity index (χ2v) is 9.34. The molecule has 0 radical (unpaired) electrons. The van der Waals surface area contributed by atoms with Crippen LogP contribution in [-0.4, -0.2) is 32.3 Å². The minimum absolute atomic E-state index is 0.0144. The monoisotopic (exact) mass is 515 g/mol. The third-order valence-corrected chi connectivity index (χ3v) is 7.20. The molecule has 1 atom stereocenters. The molecule has 0 saturated heterocycles. The summed E-state index contributed by atoms with van der Waals surface area (Å²) >= 11 is 9.49. The molecular formula is C24H23BrClN3O3. The molecule has 4 rings (SSSR count). The van der Waals surface area contributed by atoms with Crippen LogP contribution in [0.5, 0.6) is 0 Å². The molecule has 2 aromatic carbocycles. The summed E-state index contributed by atoms with van der Waals surface area (Å²) in [5, 5.41) is 0.454. The van der Waals surface area contributed by atoms with Crippen molar-refractivity contribution in [2.45, 2.75) is 32.4 Å². The quantitative estimate of drug-likeness (QED) is 0.464. The molecule has 6 nitrogen and oxygen atoms in total. The van der Waals surface area contributed by atoms with E-state index in [1.54, 1.807) is 34.7 Å². The van der Waals surface area contributed by atoms with E-state index in [9.17, 15) is 14.4 Å². The van der Waals surface area contributed by atoms with Crippen molar-refractivity contribution in [3.8, 4) is 0 Å². The lowest BCUT2D eigenvalue weighted by Gasteiger charge is -2.28. The van der Waals surface area contributed by atoms with Gasteiger partial charge in [-0.1, -0.05) is 48.9 Å². The Bertz CT molecular complexity index is 1250. The first-order valence-electron chi connectivity index (χ1n) is 10.4. The summed E-state index contributed by atoms with van der Waals surface area (Å²) in [6.45, 7) is 2.93. The van der Waals surface area contributed by atoms with Gasteiger partial charge in [0.15, 0.2) is 5.78 Å². The molecule has 3 aromatic rings. The molecule has 1 aliphatic rings. The maximum atomic E-state index is 13.3. The van der Waals surface area contributed by atoms with Crippen LogP contribution in [0.1, 0.15) is 51.4 Å². The average Bonchev–Trinajstić information content (AvgIpc) is 3.05. The van der Waals surface area contributed by atoms with Gasteiger partial charge in [0.1, 0.15) is 5.69 Å². The number of aromatic nitrogens is 2. The second kappa shape index (κ2) is 9.08.